The molecule has 0 saturated heterocycles. The van der Waals surface area contributed by atoms with E-state index in [9.17, 15) is 4.79 Å². The number of esters is 1. The van der Waals surface area contributed by atoms with E-state index < -0.39 is 0 Å². The fourth-order valence-electron chi connectivity index (χ4n) is 4.80. The number of hydrogen-bond acceptors (Lipinski definition) is 3. The highest BCUT2D eigenvalue weighted by molar-refractivity contribution is 5.90. The molecule has 3 nitrogen and oxygen atoms in total. The highest BCUT2D eigenvalue weighted by Crippen LogP contribution is 2.49. The quantitative estimate of drug-likeness (QED) is 0.646. The number of carbonyl (C=O) groups excluding carboxylic acids is 1. The van der Waals surface area contributed by atoms with Gasteiger partial charge in [0.15, 0.2) is 0 Å². The summed E-state index contributed by atoms with van der Waals surface area (Å²) in [5, 5.41) is 0. The monoisotopic (exact) mass is 378 g/mol. The van der Waals surface area contributed by atoms with E-state index in [1.54, 1.807) is 6.07 Å². The van der Waals surface area contributed by atoms with Crippen LogP contribution >= 0.6 is 0 Å². The van der Waals surface area contributed by atoms with Gasteiger partial charge in [-0.1, -0.05) is 45.9 Å². The Morgan fingerprint density at radius 3 is 2.25 bits per heavy atom. The Labute approximate surface area is 168 Å². The number of carbonyl (C=O) groups is 1. The standard InChI is InChI=1S/C25H30O3/c1-23(2)11-12-24(3,4)19-14-17(8-9-18(19)23)25(5)15-28-21-10-7-16(13-20(21)25)22(26)27-6/h7-10,13-14H,11-12,15H2,1-6H3. The molecule has 0 spiro atoms. The summed E-state index contributed by atoms with van der Waals surface area (Å²) >= 11 is 0. The Morgan fingerprint density at radius 1 is 0.893 bits per heavy atom. The SMILES string of the molecule is COC(=O)c1ccc2c(c1)C(C)(c1ccc3c(c1)C(C)(C)CCC3(C)C)CO2. The van der Waals surface area contributed by atoms with Crippen LogP contribution in [0.1, 0.15) is 80.1 Å². The van der Waals surface area contributed by atoms with Gasteiger partial charge in [0.1, 0.15) is 12.4 Å². The van der Waals surface area contributed by atoms with Crippen molar-refractivity contribution in [3.05, 3.63) is 64.2 Å². The van der Waals surface area contributed by atoms with Crippen LogP contribution in [0.2, 0.25) is 0 Å². The normalized spacial score (nSPS) is 24.1. The number of rotatable bonds is 2. The molecule has 0 fully saturated rings. The number of benzene rings is 2. The Hall–Kier alpha value is -2.29. The minimum absolute atomic E-state index is 0.160. The van der Waals surface area contributed by atoms with Gasteiger partial charge >= 0.3 is 5.97 Å². The van der Waals surface area contributed by atoms with E-state index in [0.29, 0.717) is 12.2 Å². The summed E-state index contributed by atoms with van der Waals surface area (Å²) in [4.78, 5) is 12.0. The molecule has 0 amide bonds. The van der Waals surface area contributed by atoms with E-state index in [0.717, 1.165) is 11.3 Å². The highest BCUT2D eigenvalue weighted by atomic mass is 16.5. The fraction of sp³-hybridized carbons (Fsp3) is 0.480. The third kappa shape index (κ3) is 2.75. The molecule has 2 aromatic carbocycles. The van der Waals surface area contributed by atoms with Crippen molar-refractivity contribution in [1.82, 2.24) is 0 Å². The van der Waals surface area contributed by atoms with E-state index >= 15 is 0 Å². The van der Waals surface area contributed by atoms with Crippen LogP contribution in [0.15, 0.2) is 36.4 Å². The van der Waals surface area contributed by atoms with Gasteiger partial charge in [-0.25, -0.2) is 4.79 Å². The van der Waals surface area contributed by atoms with Crippen LogP contribution in [0.3, 0.4) is 0 Å². The van der Waals surface area contributed by atoms with Gasteiger partial charge in [0, 0.05) is 5.56 Å². The summed E-state index contributed by atoms with van der Waals surface area (Å²) < 4.78 is 10.9. The third-order valence-corrected chi connectivity index (χ3v) is 7.00. The van der Waals surface area contributed by atoms with Crippen LogP contribution in [0.5, 0.6) is 5.75 Å². The first-order valence-corrected chi connectivity index (χ1v) is 10.1. The summed E-state index contributed by atoms with van der Waals surface area (Å²) in [5.41, 5.74) is 5.85. The zero-order chi connectivity index (χ0) is 20.3. The molecule has 4 rings (SSSR count). The molecule has 1 heterocycles. The number of ether oxygens (including phenoxy) is 2. The first-order valence-electron chi connectivity index (χ1n) is 10.1. The zero-order valence-electron chi connectivity index (χ0n) is 17.8. The van der Waals surface area contributed by atoms with E-state index in [-0.39, 0.29) is 22.2 Å². The second kappa shape index (κ2) is 6.10. The topological polar surface area (TPSA) is 35.5 Å². The van der Waals surface area contributed by atoms with Crippen molar-refractivity contribution in [2.75, 3.05) is 13.7 Å². The number of methoxy groups -OCH3 is 1. The van der Waals surface area contributed by atoms with Crippen molar-refractivity contribution in [1.29, 1.82) is 0 Å². The van der Waals surface area contributed by atoms with Gasteiger partial charge in [-0.15, -0.1) is 0 Å². The van der Waals surface area contributed by atoms with Crippen molar-refractivity contribution < 1.29 is 14.3 Å². The van der Waals surface area contributed by atoms with Gasteiger partial charge in [0.2, 0.25) is 0 Å². The maximum absolute atomic E-state index is 12.0. The summed E-state index contributed by atoms with van der Waals surface area (Å²) in [6, 6.07) is 12.6. The Balaban J connectivity index is 1.85. The van der Waals surface area contributed by atoms with Crippen molar-refractivity contribution >= 4 is 5.97 Å². The number of hydrogen-bond donors (Lipinski definition) is 0. The molecule has 2 aromatic rings. The summed E-state index contributed by atoms with van der Waals surface area (Å²) in [5.74, 6) is 0.540. The van der Waals surface area contributed by atoms with Crippen molar-refractivity contribution in [3.8, 4) is 5.75 Å². The molecule has 28 heavy (non-hydrogen) atoms. The van der Waals surface area contributed by atoms with E-state index in [2.05, 4.69) is 52.8 Å². The Bertz CT molecular complexity index is 954. The molecule has 0 saturated carbocycles. The molecule has 0 radical (unpaired) electrons. The lowest BCUT2D eigenvalue weighted by atomic mass is 9.62. The summed E-state index contributed by atoms with van der Waals surface area (Å²) in [6.45, 7) is 12.2. The highest BCUT2D eigenvalue weighted by Gasteiger charge is 2.42. The lowest BCUT2D eigenvalue weighted by Gasteiger charge is -2.42. The van der Waals surface area contributed by atoms with E-state index in [1.165, 1.54) is 36.6 Å². The van der Waals surface area contributed by atoms with Crippen LogP contribution < -0.4 is 4.74 Å². The fourth-order valence-corrected chi connectivity index (χ4v) is 4.80. The average Bonchev–Trinajstić information content (AvgIpc) is 3.02. The lowest BCUT2D eigenvalue weighted by Crippen LogP contribution is -2.35. The number of fused-ring (bicyclic) bond motifs is 2. The third-order valence-electron chi connectivity index (χ3n) is 7.00. The van der Waals surface area contributed by atoms with E-state index in [4.69, 9.17) is 9.47 Å². The smallest absolute Gasteiger partial charge is 0.337 e. The molecule has 1 aliphatic carbocycles. The lowest BCUT2D eigenvalue weighted by molar-refractivity contribution is 0.0600. The molecule has 148 valence electrons. The van der Waals surface area contributed by atoms with Crippen molar-refractivity contribution in [3.63, 3.8) is 0 Å². The average molecular weight is 379 g/mol. The molecular weight excluding hydrogens is 348 g/mol. The molecule has 1 aliphatic heterocycles. The van der Waals surface area contributed by atoms with E-state index in [1.807, 2.05) is 12.1 Å². The van der Waals surface area contributed by atoms with Crippen LogP contribution in [0, 0.1) is 0 Å². The molecular formula is C25H30O3. The second-order valence-electron chi connectivity index (χ2n) is 9.85. The molecule has 1 atom stereocenters. The minimum atomic E-state index is -0.314. The largest absolute Gasteiger partial charge is 0.492 e. The molecule has 0 aromatic heterocycles. The maximum atomic E-state index is 12.0. The first kappa shape index (κ1) is 19.0. The van der Waals surface area contributed by atoms with Crippen LogP contribution in [-0.4, -0.2) is 19.7 Å². The van der Waals surface area contributed by atoms with Gasteiger partial charge in [-0.05, 0) is 65.5 Å². The first-order chi connectivity index (χ1) is 13.1. The Morgan fingerprint density at radius 2 is 1.57 bits per heavy atom. The summed E-state index contributed by atoms with van der Waals surface area (Å²) in [6.07, 6.45) is 2.39. The van der Waals surface area contributed by atoms with Crippen molar-refractivity contribution in [2.45, 2.75) is 63.7 Å². The predicted molar refractivity (Wildman–Crippen MR) is 111 cm³/mol. The Kier molecular flexibility index (Phi) is 4.15. The predicted octanol–water partition coefficient (Wildman–Crippen LogP) is 5.52. The zero-order valence-corrected chi connectivity index (χ0v) is 17.8. The summed E-state index contributed by atoms with van der Waals surface area (Å²) in [7, 11) is 1.42. The van der Waals surface area contributed by atoms with Crippen molar-refractivity contribution in [2.24, 2.45) is 0 Å². The van der Waals surface area contributed by atoms with Gasteiger partial charge in [0.25, 0.3) is 0 Å². The molecule has 1 unspecified atom stereocenters. The van der Waals surface area contributed by atoms with Gasteiger partial charge < -0.3 is 9.47 Å². The molecule has 0 N–H and O–H groups in total. The van der Waals surface area contributed by atoms with Gasteiger partial charge in [-0.3, -0.25) is 0 Å². The maximum Gasteiger partial charge on any atom is 0.337 e. The molecule has 0 bridgehead atoms. The van der Waals surface area contributed by atoms with Gasteiger partial charge in [-0.2, -0.15) is 0 Å². The van der Waals surface area contributed by atoms with Gasteiger partial charge in [0.05, 0.1) is 18.1 Å². The minimum Gasteiger partial charge on any atom is -0.492 e. The second-order valence-corrected chi connectivity index (χ2v) is 9.85. The molecule has 2 aliphatic rings. The van der Waals surface area contributed by atoms with Crippen LogP contribution in [0.25, 0.3) is 0 Å². The van der Waals surface area contributed by atoms with Crippen LogP contribution in [0.4, 0.5) is 0 Å². The molecule has 3 heteroatoms. The van der Waals surface area contributed by atoms with Crippen LogP contribution in [-0.2, 0) is 21.0 Å².